The zero-order chi connectivity index (χ0) is 18.9. The molecule has 2 aromatic rings. The van der Waals surface area contributed by atoms with Crippen molar-refractivity contribution in [3.05, 3.63) is 59.1 Å². The van der Waals surface area contributed by atoms with Crippen molar-refractivity contribution >= 4 is 39.1 Å². The van der Waals surface area contributed by atoms with Crippen LogP contribution in [0.2, 0.25) is 5.02 Å². The molecule has 0 aliphatic carbocycles. The molecule has 0 spiro atoms. The van der Waals surface area contributed by atoms with Gasteiger partial charge in [-0.2, -0.15) is 0 Å². The van der Waals surface area contributed by atoms with Crippen LogP contribution in [0.4, 0.5) is 5.69 Å². The Balaban J connectivity index is 1.88. The van der Waals surface area contributed by atoms with E-state index in [4.69, 9.17) is 11.6 Å². The Hall–Kier alpha value is -2.38. The molecule has 0 radical (unpaired) electrons. The molecule has 1 heterocycles. The summed E-state index contributed by atoms with van der Waals surface area (Å²) >= 11 is 5.89. The van der Waals surface area contributed by atoms with Gasteiger partial charge in [0.1, 0.15) is 6.04 Å². The molecule has 0 bridgehead atoms. The first-order valence-corrected chi connectivity index (χ1v) is 9.81. The summed E-state index contributed by atoms with van der Waals surface area (Å²) in [5.74, 6) is -1.15. The maximum absolute atomic E-state index is 12.9. The van der Waals surface area contributed by atoms with Crippen molar-refractivity contribution in [1.82, 2.24) is 4.31 Å². The van der Waals surface area contributed by atoms with E-state index in [9.17, 15) is 18.0 Å². The molecule has 0 aromatic heterocycles. The average molecular weight is 393 g/mol. The zero-order valence-electron chi connectivity index (χ0n) is 14.0. The van der Waals surface area contributed by atoms with E-state index in [1.165, 1.54) is 12.1 Å². The Morgan fingerprint density at radius 2 is 1.88 bits per heavy atom. The van der Waals surface area contributed by atoms with Crippen molar-refractivity contribution in [3.8, 4) is 0 Å². The van der Waals surface area contributed by atoms with Crippen LogP contribution in [-0.4, -0.2) is 30.6 Å². The summed E-state index contributed by atoms with van der Waals surface area (Å²) in [6.45, 7) is 1.83. The van der Waals surface area contributed by atoms with Crippen LogP contribution in [0.1, 0.15) is 18.4 Å². The molecular weight excluding hydrogens is 376 g/mol. The minimum Gasteiger partial charge on any atom is -0.324 e. The van der Waals surface area contributed by atoms with Crippen LogP contribution < -0.4 is 5.32 Å². The van der Waals surface area contributed by atoms with E-state index < -0.39 is 27.9 Å². The van der Waals surface area contributed by atoms with Crippen molar-refractivity contribution in [2.45, 2.75) is 30.7 Å². The molecule has 1 fully saturated rings. The third-order valence-electron chi connectivity index (χ3n) is 4.13. The smallest absolute Gasteiger partial charge is 0.267 e. The SMILES string of the molecule is Cc1ccc(S(=O)(=O)N2C(=O)CC[C@@H]2C(=O)Nc2cccc(Cl)c2)cc1. The summed E-state index contributed by atoms with van der Waals surface area (Å²) in [5.41, 5.74) is 1.33. The number of aryl methyl sites for hydroxylation is 1. The van der Waals surface area contributed by atoms with E-state index in [1.807, 2.05) is 6.92 Å². The highest BCUT2D eigenvalue weighted by atomic mass is 35.5. The van der Waals surface area contributed by atoms with Crippen molar-refractivity contribution in [2.24, 2.45) is 0 Å². The number of nitrogens with one attached hydrogen (secondary N) is 1. The quantitative estimate of drug-likeness (QED) is 0.867. The summed E-state index contributed by atoms with van der Waals surface area (Å²) in [5, 5.41) is 3.07. The maximum Gasteiger partial charge on any atom is 0.267 e. The largest absolute Gasteiger partial charge is 0.324 e. The molecule has 8 heteroatoms. The zero-order valence-corrected chi connectivity index (χ0v) is 15.5. The van der Waals surface area contributed by atoms with Gasteiger partial charge in [0.2, 0.25) is 11.8 Å². The number of amides is 2. The Morgan fingerprint density at radius 3 is 2.54 bits per heavy atom. The van der Waals surface area contributed by atoms with Crippen molar-refractivity contribution in [3.63, 3.8) is 0 Å². The summed E-state index contributed by atoms with van der Waals surface area (Å²) in [6, 6.07) is 11.6. The number of carbonyl (C=O) groups is 2. The molecule has 2 aromatic carbocycles. The highest BCUT2D eigenvalue weighted by Crippen LogP contribution is 2.28. The van der Waals surface area contributed by atoms with E-state index in [-0.39, 0.29) is 17.7 Å². The number of nitrogens with zero attached hydrogens (tertiary/aromatic N) is 1. The number of rotatable bonds is 4. The molecule has 3 rings (SSSR count). The van der Waals surface area contributed by atoms with Gasteiger partial charge in [-0.25, -0.2) is 12.7 Å². The average Bonchev–Trinajstić information content (AvgIpc) is 2.98. The normalized spacial score (nSPS) is 17.4. The number of benzene rings is 2. The van der Waals surface area contributed by atoms with Crippen LogP contribution in [0.25, 0.3) is 0 Å². The van der Waals surface area contributed by atoms with Gasteiger partial charge in [0.25, 0.3) is 10.0 Å². The molecule has 136 valence electrons. The van der Waals surface area contributed by atoms with Gasteiger partial charge < -0.3 is 5.32 Å². The van der Waals surface area contributed by atoms with Crippen molar-refractivity contribution < 1.29 is 18.0 Å². The first-order chi connectivity index (χ1) is 12.3. The van der Waals surface area contributed by atoms with Gasteiger partial charge >= 0.3 is 0 Å². The Labute approximate surface area is 156 Å². The molecule has 1 atom stereocenters. The maximum atomic E-state index is 12.9. The molecule has 1 aliphatic rings. The van der Waals surface area contributed by atoms with Crippen LogP contribution in [0.3, 0.4) is 0 Å². The van der Waals surface area contributed by atoms with E-state index in [1.54, 1.807) is 36.4 Å². The Bertz CT molecular complexity index is 957. The summed E-state index contributed by atoms with van der Waals surface area (Å²) < 4.78 is 26.5. The highest BCUT2D eigenvalue weighted by molar-refractivity contribution is 7.89. The van der Waals surface area contributed by atoms with Gasteiger partial charge in [0.05, 0.1) is 4.90 Å². The molecule has 26 heavy (non-hydrogen) atoms. The number of hydrogen-bond acceptors (Lipinski definition) is 4. The lowest BCUT2D eigenvalue weighted by atomic mass is 10.2. The number of anilines is 1. The van der Waals surface area contributed by atoms with Gasteiger partial charge in [0, 0.05) is 17.1 Å². The van der Waals surface area contributed by atoms with Gasteiger partial charge in [-0.3, -0.25) is 9.59 Å². The minimum atomic E-state index is -4.10. The van der Waals surface area contributed by atoms with E-state index in [0.29, 0.717) is 15.0 Å². The number of halogens is 1. The molecule has 0 unspecified atom stereocenters. The lowest BCUT2D eigenvalue weighted by Gasteiger charge is -2.23. The second-order valence-corrected chi connectivity index (χ2v) is 8.31. The highest BCUT2D eigenvalue weighted by Gasteiger charge is 2.44. The van der Waals surface area contributed by atoms with Crippen LogP contribution in [-0.2, 0) is 19.6 Å². The van der Waals surface area contributed by atoms with Crippen LogP contribution in [0.15, 0.2) is 53.4 Å². The molecule has 2 amide bonds. The minimum absolute atomic E-state index is 0.00127. The molecule has 1 saturated heterocycles. The summed E-state index contributed by atoms with van der Waals surface area (Å²) in [4.78, 5) is 24.8. The van der Waals surface area contributed by atoms with E-state index >= 15 is 0 Å². The first-order valence-electron chi connectivity index (χ1n) is 7.99. The van der Waals surface area contributed by atoms with Gasteiger partial charge in [-0.15, -0.1) is 0 Å². The lowest BCUT2D eigenvalue weighted by molar-refractivity contribution is -0.128. The Kier molecular flexibility index (Phi) is 5.02. The first kappa shape index (κ1) is 18.4. The molecule has 0 saturated carbocycles. The van der Waals surface area contributed by atoms with E-state index in [2.05, 4.69) is 5.32 Å². The van der Waals surface area contributed by atoms with Gasteiger partial charge in [-0.1, -0.05) is 35.4 Å². The van der Waals surface area contributed by atoms with E-state index in [0.717, 1.165) is 5.56 Å². The van der Waals surface area contributed by atoms with Crippen LogP contribution >= 0.6 is 11.6 Å². The standard InChI is InChI=1S/C18H17ClN2O4S/c1-12-5-7-15(8-6-12)26(24,25)21-16(9-10-17(21)22)18(23)20-14-4-2-3-13(19)11-14/h2-8,11,16H,9-10H2,1H3,(H,20,23)/t16-/m1/s1. The van der Waals surface area contributed by atoms with Crippen LogP contribution in [0, 0.1) is 6.92 Å². The fraction of sp³-hybridized carbons (Fsp3) is 0.222. The molecule has 1 aliphatic heterocycles. The number of sulfonamides is 1. The second kappa shape index (κ2) is 7.09. The molecule has 1 N–H and O–H groups in total. The second-order valence-electron chi connectivity index (χ2n) is 6.06. The third-order valence-corrected chi connectivity index (χ3v) is 6.21. The third kappa shape index (κ3) is 3.59. The predicted octanol–water partition coefficient (Wildman–Crippen LogP) is 2.97. The van der Waals surface area contributed by atoms with Crippen LogP contribution in [0.5, 0.6) is 0 Å². The van der Waals surface area contributed by atoms with Crippen molar-refractivity contribution in [2.75, 3.05) is 5.32 Å². The number of hydrogen-bond donors (Lipinski definition) is 1. The van der Waals surface area contributed by atoms with Gasteiger partial charge in [-0.05, 0) is 43.7 Å². The van der Waals surface area contributed by atoms with Crippen molar-refractivity contribution in [1.29, 1.82) is 0 Å². The summed E-state index contributed by atoms with van der Waals surface area (Å²) in [6.07, 6.45) is 0.134. The predicted molar refractivity (Wildman–Crippen MR) is 98.3 cm³/mol. The number of carbonyl (C=O) groups excluding carboxylic acids is 2. The Morgan fingerprint density at radius 1 is 1.19 bits per heavy atom. The fourth-order valence-corrected chi connectivity index (χ4v) is 4.61. The topological polar surface area (TPSA) is 83.6 Å². The molecule has 6 nitrogen and oxygen atoms in total. The summed E-state index contributed by atoms with van der Waals surface area (Å²) in [7, 11) is -4.10. The monoisotopic (exact) mass is 392 g/mol. The lowest BCUT2D eigenvalue weighted by Crippen LogP contribution is -2.45. The molecular formula is C18H17ClN2O4S. The van der Waals surface area contributed by atoms with Gasteiger partial charge in [0.15, 0.2) is 0 Å². The fourth-order valence-electron chi connectivity index (χ4n) is 2.82.